The standard InChI is InChI=1S/C14H22N4O2S/c19-21(20,14-10-17-7-2-1-3-13(17)16-14)18-8-6-11-4-5-12(9-18)15-11/h10-12,15H,1-9H2. The van der Waals surface area contributed by atoms with Crippen molar-refractivity contribution in [1.82, 2.24) is 19.2 Å². The first-order chi connectivity index (χ1) is 10.1. The Morgan fingerprint density at radius 2 is 2.00 bits per heavy atom. The normalized spacial score (nSPS) is 30.1. The van der Waals surface area contributed by atoms with Crippen molar-refractivity contribution in [3.63, 3.8) is 0 Å². The second kappa shape index (κ2) is 5.07. The molecule has 6 nitrogen and oxygen atoms in total. The topological polar surface area (TPSA) is 67.2 Å². The van der Waals surface area contributed by atoms with Gasteiger partial charge in [0.05, 0.1) is 0 Å². The van der Waals surface area contributed by atoms with Crippen LogP contribution in [0.4, 0.5) is 0 Å². The number of hydrogen-bond donors (Lipinski definition) is 1. The van der Waals surface area contributed by atoms with E-state index in [1.807, 2.05) is 4.57 Å². The van der Waals surface area contributed by atoms with Crippen molar-refractivity contribution in [2.45, 2.75) is 62.2 Å². The maximum absolute atomic E-state index is 12.9. The van der Waals surface area contributed by atoms with Crippen LogP contribution in [0.3, 0.4) is 0 Å². The Morgan fingerprint density at radius 1 is 1.14 bits per heavy atom. The van der Waals surface area contributed by atoms with Gasteiger partial charge in [-0.05, 0) is 32.1 Å². The van der Waals surface area contributed by atoms with E-state index in [1.54, 1.807) is 10.5 Å². The lowest BCUT2D eigenvalue weighted by Crippen LogP contribution is -2.39. The zero-order valence-corrected chi connectivity index (χ0v) is 13.0. The van der Waals surface area contributed by atoms with Gasteiger partial charge in [-0.3, -0.25) is 0 Å². The average molecular weight is 310 g/mol. The minimum Gasteiger partial charge on any atom is -0.333 e. The van der Waals surface area contributed by atoms with E-state index in [1.165, 1.54) is 6.42 Å². The molecule has 0 amide bonds. The predicted octanol–water partition coefficient (Wildman–Crippen LogP) is 0.734. The van der Waals surface area contributed by atoms with Crippen molar-refractivity contribution >= 4 is 10.0 Å². The fraction of sp³-hybridized carbons (Fsp3) is 0.786. The van der Waals surface area contributed by atoms with Gasteiger partial charge in [-0.2, -0.15) is 4.31 Å². The number of hydrogen-bond acceptors (Lipinski definition) is 4. The molecule has 1 N–H and O–H groups in total. The summed E-state index contributed by atoms with van der Waals surface area (Å²) in [6, 6.07) is 0.801. The van der Waals surface area contributed by atoms with Crippen molar-refractivity contribution in [1.29, 1.82) is 0 Å². The van der Waals surface area contributed by atoms with Crippen LogP contribution in [0.1, 0.15) is 37.9 Å². The van der Waals surface area contributed by atoms with Crippen LogP contribution >= 0.6 is 0 Å². The summed E-state index contributed by atoms with van der Waals surface area (Å²) in [5, 5.41) is 3.77. The molecule has 7 heteroatoms. The molecule has 1 aromatic rings. The minimum absolute atomic E-state index is 0.247. The Labute approximate surface area is 125 Å². The summed E-state index contributed by atoms with van der Waals surface area (Å²) in [6.07, 6.45) is 8.01. The molecule has 2 unspecified atom stereocenters. The molecule has 2 fully saturated rings. The lowest BCUT2D eigenvalue weighted by Gasteiger charge is -2.22. The maximum atomic E-state index is 12.9. The summed E-state index contributed by atoms with van der Waals surface area (Å²) in [5.41, 5.74) is 0. The Kier molecular flexibility index (Phi) is 3.31. The van der Waals surface area contributed by atoms with Crippen molar-refractivity contribution in [2.75, 3.05) is 13.1 Å². The Hall–Kier alpha value is -0.920. The van der Waals surface area contributed by atoms with Crippen LogP contribution in [0, 0.1) is 0 Å². The summed E-state index contributed by atoms with van der Waals surface area (Å²) in [5.74, 6) is 0.925. The minimum atomic E-state index is -3.44. The number of imidazole rings is 1. The molecule has 0 radical (unpaired) electrons. The molecule has 1 aromatic heterocycles. The highest BCUT2D eigenvalue weighted by Crippen LogP contribution is 2.25. The summed E-state index contributed by atoms with van der Waals surface area (Å²) >= 11 is 0. The third-order valence-electron chi connectivity index (χ3n) is 4.98. The maximum Gasteiger partial charge on any atom is 0.262 e. The monoisotopic (exact) mass is 310 g/mol. The van der Waals surface area contributed by atoms with Gasteiger partial charge in [0.15, 0.2) is 5.03 Å². The van der Waals surface area contributed by atoms with Gasteiger partial charge in [-0.15, -0.1) is 0 Å². The van der Waals surface area contributed by atoms with Gasteiger partial charge in [0.2, 0.25) is 0 Å². The SMILES string of the molecule is O=S(=O)(c1cn2c(n1)CCCC2)N1CCC2CCC(C1)N2. The Balaban J connectivity index is 1.62. The van der Waals surface area contributed by atoms with Crippen LogP contribution in [0.25, 0.3) is 0 Å². The molecule has 0 spiro atoms. The van der Waals surface area contributed by atoms with Crippen molar-refractivity contribution in [3.05, 3.63) is 12.0 Å². The van der Waals surface area contributed by atoms with E-state index in [4.69, 9.17) is 0 Å². The zero-order valence-electron chi connectivity index (χ0n) is 12.2. The van der Waals surface area contributed by atoms with Crippen molar-refractivity contribution in [2.24, 2.45) is 0 Å². The molecule has 0 aliphatic carbocycles. The molecule has 0 aromatic carbocycles. The third kappa shape index (κ3) is 2.41. The highest BCUT2D eigenvalue weighted by atomic mass is 32.2. The molecule has 0 saturated carbocycles. The van der Waals surface area contributed by atoms with Crippen LogP contribution in [-0.2, 0) is 23.0 Å². The molecule has 4 heterocycles. The number of nitrogens with one attached hydrogen (secondary N) is 1. The number of aromatic nitrogens is 2. The van der Waals surface area contributed by atoms with E-state index in [0.717, 1.165) is 44.5 Å². The summed E-state index contributed by atoms with van der Waals surface area (Å²) in [6.45, 7) is 2.09. The molecular formula is C14H22N4O2S. The van der Waals surface area contributed by atoms with Gasteiger partial charge < -0.3 is 9.88 Å². The third-order valence-corrected chi connectivity index (χ3v) is 6.71. The quantitative estimate of drug-likeness (QED) is 0.875. The van der Waals surface area contributed by atoms with Crippen molar-refractivity contribution in [3.8, 4) is 0 Å². The van der Waals surface area contributed by atoms with E-state index in [2.05, 4.69) is 10.3 Å². The number of sulfonamides is 1. The molecule has 3 aliphatic heterocycles. The summed E-state index contributed by atoms with van der Waals surface area (Å²) in [4.78, 5) is 4.40. The fourth-order valence-corrected chi connectivity index (χ4v) is 5.24. The number of nitrogens with zero attached hydrogens (tertiary/aromatic N) is 3. The smallest absolute Gasteiger partial charge is 0.262 e. The largest absolute Gasteiger partial charge is 0.333 e. The molecule has 2 saturated heterocycles. The highest BCUT2D eigenvalue weighted by molar-refractivity contribution is 7.89. The Morgan fingerprint density at radius 3 is 2.86 bits per heavy atom. The molecule has 116 valence electrons. The average Bonchev–Trinajstić information content (AvgIpc) is 3.02. The predicted molar refractivity (Wildman–Crippen MR) is 78.5 cm³/mol. The highest BCUT2D eigenvalue weighted by Gasteiger charge is 2.36. The lowest BCUT2D eigenvalue weighted by molar-refractivity contribution is 0.382. The van der Waals surface area contributed by atoms with Gasteiger partial charge >= 0.3 is 0 Å². The summed E-state index contributed by atoms with van der Waals surface area (Å²) < 4.78 is 29.4. The van der Waals surface area contributed by atoms with Gasteiger partial charge in [0, 0.05) is 44.3 Å². The molecule has 21 heavy (non-hydrogen) atoms. The van der Waals surface area contributed by atoms with E-state index in [9.17, 15) is 8.42 Å². The first kappa shape index (κ1) is 13.7. The number of aryl methyl sites for hydroxylation is 2. The molecule has 2 bridgehead atoms. The van der Waals surface area contributed by atoms with E-state index in [0.29, 0.717) is 25.2 Å². The number of fused-ring (bicyclic) bond motifs is 3. The second-order valence-electron chi connectivity index (χ2n) is 6.44. The molecule has 3 aliphatic rings. The molecule has 4 rings (SSSR count). The van der Waals surface area contributed by atoms with Gasteiger partial charge in [0.1, 0.15) is 5.82 Å². The van der Waals surface area contributed by atoms with E-state index < -0.39 is 10.0 Å². The fourth-order valence-electron chi connectivity index (χ4n) is 3.77. The van der Waals surface area contributed by atoms with E-state index >= 15 is 0 Å². The van der Waals surface area contributed by atoms with Crippen LogP contribution in [0.15, 0.2) is 11.2 Å². The van der Waals surface area contributed by atoms with Gasteiger partial charge in [-0.1, -0.05) is 0 Å². The number of rotatable bonds is 2. The van der Waals surface area contributed by atoms with Gasteiger partial charge in [0.25, 0.3) is 10.0 Å². The Bertz CT molecular complexity index is 616. The second-order valence-corrected chi connectivity index (χ2v) is 8.32. The molecule has 2 atom stereocenters. The first-order valence-corrected chi connectivity index (χ1v) is 9.39. The zero-order chi connectivity index (χ0) is 14.4. The molecular weight excluding hydrogens is 288 g/mol. The lowest BCUT2D eigenvalue weighted by atomic mass is 10.1. The van der Waals surface area contributed by atoms with E-state index in [-0.39, 0.29) is 5.03 Å². The van der Waals surface area contributed by atoms with Crippen molar-refractivity contribution < 1.29 is 8.42 Å². The van der Waals surface area contributed by atoms with Crippen LogP contribution in [-0.4, -0.2) is 47.4 Å². The van der Waals surface area contributed by atoms with Crippen LogP contribution in [0.5, 0.6) is 0 Å². The van der Waals surface area contributed by atoms with Crippen LogP contribution in [0.2, 0.25) is 0 Å². The van der Waals surface area contributed by atoms with Gasteiger partial charge in [-0.25, -0.2) is 13.4 Å². The summed E-state index contributed by atoms with van der Waals surface area (Å²) in [7, 11) is -3.44. The van der Waals surface area contributed by atoms with Crippen LogP contribution < -0.4 is 5.32 Å². The first-order valence-electron chi connectivity index (χ1n) is 7.95.